The van der Waals surface area contributed by atoms with E-state index in [0.29, 0.717) is 12.1 Å². The van der Waals surface area contributed by atoms with E-state index in [0.717, 1.165) is 11.3 Å². The molecule has 2 N–H and O–H groups in total. The Hall–Kier alpha value is -2.29. The summed E-state index contributed by atoms with van der Waals surface area (Å²) in [6.45, 7) is 2.59. The molecule has 0 bridgehead atoms. The molecule has 98 valence electrons. The molecule has 0 saturated carbocycles. The first-order valence-corrected chi connectivity index (χ1v) is 6.30. The lowest BCUT2D eigenvalue weighted by Gasteiger charge is -2.07. The standard InChI is InChI=1S/C16H18N2O/c1-12-6-8-13(9-7-12)11-18-16(19)14-4-3-5-15(10-14)17-2/h3-10,17H,11H2,1-2H3,(H,18,19). The average molecular weight is 254 g/mol. The van der Waals surface area contributed by atoms with Gasteiger partial charge < -0.3 is 10.6 Å². The molecule has 1 amide bonds. The van der Waals surface area contributed by atoms with Gasteiger partial charge in [0.2, 0.25) is 0 Å². The van der Waals surface area contributed by atoms with Crippen LogP contribution in [0, 0.1) is 6.92 Å². The maximum Gasteiger partial charge on any atom is 0.251 e. The molecule has 2 aromatic rings. The van der Waals surface area contributed by atoms with Crippen molar-refractivity contribution in [1.29, 1.82) is 0 Å². The first-order chi connectivity index (χ1) is 9.19. The van der Waals surface area contributed by atoms with Gasteiger partial charge in [-0.2, -0.15) is 0 Å². The molecule has 0 aromatic heterocycles. The van der Waals surface area contributed by atoms with E-state index >= 15 is 0 Å². The highest BCUT2D eigenvalue weighted by atomic mass is 16.1. The minimum absolute atomic E-state index is 0.0577. The van der Waals surface area contributed by atoms with Crippen LogP contribution in [0.5, 0.6) is 0 Å². The summed E-state index contributed by atoms with van der Waals surface area (Å²) in [4.78, 5) is 12.0. The van der Waals surface area contributed by atoms with E-state index in [2.05, 4.69) is 10.6 Å². The monoisotopic (exact) mass is 254 g/mol. The van der Waals surface area contributed by atoms with Crippen molar-refractivity contribution >= 4 is 11.6 Å². The molecular weight excluding hydrogens is 236 g/mol. The van der Waals surface area contributed by atoms with Gasteiger partial charge in [0.15, 0.2) is 0 Å². The van der Waals surface area contributed by atoms with Crippen LogP contribution in [0.25, 0.3) is 0 Å². The first kappa shape index (κ1) is 13.1. The molecule has 0 spiro atoms. The van der Waals surface area contributed by atoms with Crippen LogP contribution in [0.2, 0.25) is 0 Å². The molecule has 0 aliphatic heterocycles. The van der Waals surface area contributed by atoms with Gasteiger partial charge in [0.05, 0.1) is 0 Å². The summed E-state index contributed by atoms with van der Waals surface area (Å²) < 4.78 is 0. The largest absolute Gasteiger partial charge is 0.388 e. The zero-order valence-electron chi connectivity index (χ0n) is 11.2. The minimum Gasteiger partial charge on any atom is -0.388 e. The highest BCUT2D eigenvalue weighted by Gasteiger charge is 2.05. The number of benzene rings is 2. The van der Waals surface area contributed by atoms with Crippen LogP contribution in [-0.4, -0.2) is 13.0 Å². The van der Waals surface area contributed by atoms with Crippen molar-refractivity contribution in [1.82, 2.24) is 5.32 Å². The Morgan fingerprint density at radius 2 is 1.84 bits per heavy atom. The van der Waals surface area contributed by atoms with E-state index in [9.17, 15) is 4.79 Å². The number of nitrogens with one attached hydrogen (secondary N) is 2. The molecule has 0 saturated heterocycles. The van der Waals surface area contributed by atoms with Gasteiger partial charge in [-0.25, -0.2) is 0 Å². The van der Waals surface area contributed by atoms with Gasteiger partial charge in [0.1, 0.15) is 0 Å². The third-order valence-electron chi connectivity index (χ3n) is 2.99. The highest BCUT2D eigenvalue weighted by Crippen LogP contribution is 2.10. The molecule has 3 nitrogen and oxygen atoms in total. The lowest BCUT2D eigenvalue weighted by Crippen LogP contribution is -2.22. The fraction of sp³-hybridized carbons (Fsp3) is 0.188. The van der Waals surface area contributed by atoms with Crippen molar-refractivity contribution in [3.05, 3.63) is 65.2 Å². The maximum atomic E-state index is 12.0. The molecule has 0 aliphatic rings. The first-order valence-electron chi connectivity index (χ1n) is 6.30. The zero-order valence-corrected chi connectivity index (χ0v) is 11.2. The number of anilines is 1. The third kappa shape index (κ3) is 3.58. The highest BCUT2D eigenvalue weighted by molar-refractivity contribution is 5.95. The summed E-state index contributed by atoms with van der Waals surface area (Å²) in [6.07, 6.45) is 0. The molecule has 0 atom stereocenters. The van der Waals surface area contributed by atoms with Crippen LogP contribution in [0.3, 0.4) is 0 Å². The van der Waals surface area contributed by atoms with Crippen molar-refractivity contribution in [2.45, 2.75) is 13.5 Å². The van der Waals surface area contributed by atoms with Gasteiger partial charge in [-0.15, -0.1) is 0 Å². The van der Waals surface area contributed by atoms with Crippen LogP contribution in [0.4, 0.5) is 5.69 Å². The number of hydrogen-bond donors (Lipinski definition) is 2. The topological polar surface area (TPSA) is 41.1 Å². The second-order valence-corrected chi connectivity index (χ2v) is 4.50. The Bertz CT molecular complexity index is 561. The fourth-order valence-electron chi connectivity index (χ4n) is 1.81. The number of amides is 1. The van der Waals surface area contributed by atoms with Crippen LogP contribution in [0.15, 0.2) is 48.5 Å². The number of carbonyl (C=O) groups excluding carboxylic acids is 1. The number of rotatable bonds is 4. The van der Waals surface area contributed by atoms with Gasteiger partial charge in [0.25, 0.3) is 5.91 Å². The van der Waals surface area contributed by atoms with Crippen LogP contribution in [0.1, 0.15) is 21.5 Å². The quantitative estimate of drug-likeness (QED) is 0.880. The summed E-state index contributed by atoms with van der Waals surface area (Å²) in [5.74, 6) is -0.0577. The lowest BCUT2D eigenvalue weighted by molar-refractivity contribution is 0.0951. The Balaban J connectivity index is 1.99. The molecule has 0 heterocycles. The molecule has 0 radical (unpaired) electrons. The Kier molecular flexibility index (Phi) is 4.18. The Morgan fingerprint density at radius 1 is 1.11 bits per heavy atom. The van der Waals surface area contributed by atoms with E-state index in [4.69, 9.17) is 0 Å². The third-order valence-corrected chi connectivity index (χ3v) is 2.99. The summed E-state index contributed by atoms with van der Waals surface area (Å²) in [7, 11) is 1.84. The predicted molar refractivity (Wildman–Crippen MR) is 78.3 cm³/mol. The molecule has 19 heavy (non-hydrogen) atoms. The van der Waals surface area contributed by atoms with E-state index in [1.165, 1.54) is 5.56 Å². The van der Waals surface area contributed by atoms with Gasteiger partial charge >= 0.3 is 0 Å². The van der Waals surface area contributed by atoms with Crippen molar-refractivity contribution in [3.8, 4) is 0 Å². The summed E-state index contributed by atoms with van der Waals surface area (Å²) >= 11 is 0. The summed E-state index contributed by atoms with van der Waals surface area (Å²) in [6, 6.07) is 15.6. The SMILES string of the molecule is CNc1cccc(C(=O)NCc2ccc(C)cc2)c1. The smallest absolute Gasteiger partial charge is 0.251 e. The zero-order chi connectivity index (χ0) is 13.7. The molecular formula is C16H18N2O. The van der Waals surface area contributed by atoms with E-state index in [1.807, 2.05) is 62.5 Å². The molecule has 2 rings (SSSR count). The predicted octanol–water partition coefficient (Wildman–Crippen LogP) is 2.97. The lowest BCUT2D eigenvalue weighted by atomic mass is 10.1. The van der Waals surface area contributed by atoms with Gasteiger partial charge in [-0.1, -0.05) is 35.9 Å². The van der Waals surface area contributed by atoms with Gasteiger partial charge in [-0.3, -0.25) is 4.79 Å². The van der Waals surface area contributed by atoms with E-state index in [-0.39, 0.29) is 5.91 Å². The van der Waals surface area contributed by atoms with Gasteiger partial charge in [0, 0.05) is 24.8 Å². The minimum atomic E-state index is -0.0577. The van der Waals surface area contributed by atoms with Gasteiger partial charge in [-0.05, 0) is 30.7 Å². The van der Waals surface area contributed by atoms with Crippen molar-refractivity contribution in [3.63, 3.8) is 0 Å². The second-order valence-electron chi connectivity index (χ2n) is 4.50. The molecule has 3 heteroatoms. The van der Waals surface area contributed by atoms with Crippen LogP contribution >= 0.6 is 0 Å². The maximum absolute atomic E-state index is 12.0. The molecule has 2 aromatic carbocycles. The number of hydrogen-bond acceptors (Lipinski definition) is 2. The van der Waals surface area contributed by atoms with Crippen molar-refractivity contribution < 1.29 is 4.79 Å². The van der Waals surface area contributed by atoms with E-state index < -0.39 is 0 Å². The van der Waals surface area contributed by atoms with E-state index in [1.54, 1.807) is 0 Å². The summed E-state index contributed by atoms with van der Waals surface area (Å²) in [5.41, 5.74) is 3.92. The van der Waals surface area contributed by atoms with Crippen LogP contribution < -0.4 is 10.6 Å². The van der Waals surface area contributed by atoms with Crippen molar-refractivity contribution in [2.24, 2.45) is 0 Å². The second kappa shape index (κ2) is 6.05. The van der Waals surface area contributed by atoms with Crippen molar-refractivity contribution in [2.75, 3.05) is 12.4 Å². The fourth-order valence-corrected chi connectivity index (χ4v) is 1.81. The number of aryl methyl sites for hydroxylation is 1. The Morgan fingerprint density at radius 3 is 2.53 bits per heavy atom. The van der Waals surface area contributed by atoms with Crippen LogP contribution in [-0.2, 0) is 6.54 Å². The molecule has 0 unspecified atom stereocenters. The molecule has 0 fully saturated rings. The average Bonchev–Trinajstić information content (AvgIpc) is 2.46. The normalized spacial score (nSPS) is 10.0. The summed E-state index contributed by atoms with van der Waals surface area (Å²) in [5, 5.41) is 5.94. The Labute approximate surface area is 113 Å². The number of carbonyl (C=O) groups is 1. The molecule has 0 aliphatic carbocycles.